The zero-order chi connectivity index (χ0) is 13.6. The molecule has 1 atom stereocenters. The number of aliphatic hydroxyl groups excluding tert-OH is 1. The first kappa shape index (κ1) is 12.8. The lowest BCUT2D eigenvalue weighted by Gasteiger charge is -2.13. The lowest BCUT2D eigenvalue weighted by molar-refractivity contribution is -0.117. The largest absolute Gasteiger partial charge is 0.383 e. The molecule has 0 fully saturated rings. The first-order chi connectivity index (χ1) is 9.08. The van der Waals surface area contributed by atoms with Gasteiger partial charge in [-0.25, -0.2) is 0 Å². The lowest BCUT2D eigenvalue weighted by atomic mass is 10.0. The second-order valence-electron chi connectivity index (χ2n) is 4.55. The van der Waals surface area contributed by atoms with E-state index in [0.717, 1.165) is 26.2 Å². The van der Waals surface area contributed by atoms with Crippen LogP contribution in [0, 0.1) is 0 Å². The Balaban J connectivity index is 1.98. The molecule has 98 valence electrons. The quantitative estimate of drug-likeness (QED) is 0.914. The molecule has 0 spiro atoms. The number of carbonyl (C=O) groups is 1. The van der Waals surface area contributed by atoms with Gasteiger partial charge in [0.05, 0.1) is 11.3 Å². The van der Waals surface area contributed by atoms with E-state index in [2.05, 4.69) is 15.9 Å². The monoisotopic (exact) mass is 337 g/mol. The van der Waals surface area contributed by atoms with Crippen LogP contribution in [-0.2, 0) is 11.2 Å². The molecular weight excluding hydrogens is 326 g/mol. The number of halogens is 1. The molecule has 3 rings (SSSR count). The second kappa shape index (κ2) is 4.74. The highest BCUT2D eigenvalue weighted by atomic mass is 79.9. The average Bonchev–Trinajstić information content (AvgIpc) is 2.93. The fourth-order valence-corrected chi connectivity index (χ4v) is 3.91. The molecule has 0 radical (unpaired) electrons. The predicted octanol–water partition coefficient (Wildman–Crippen LogP) is 3.11. The van der Waals surface area contributed by atoms with E-state index < -0.39 is 6.10 Å². The highest BCUT2D eigenvalue weighted by Crippen LogP contribution is 2.36. The van der Waals surface area contributed by atoms with Gasteiger partial charge < -0.3 is 10.0 Å². The number of hydrogen-bond acceptors (Lipinski definition) is 3. The van der Waals surface area contributed by atoms with E-state index in [9.17, 15) is 9.90 Å². The summed E-state index contributed by atoms with van der Waals surface area (Å²) in [7, 11) is 1.78. The molecule has 1 amide bonds. The molecule has 2 aromatic rings. The van der Waals surface area contributed by atoms with Crippen molar-refractivity contribution < 1.29 is 9.90 Å². The van der Waals surface area contributed by atoms with Gasteiger partial charge in [-0.05, 0) is 44.6 Å². The van der Waals surface area contributed by atoms with E-state index in [4.69, 9.17) is 0 Å². The number of nitrogens with zero attached hydrogens (tertiary/aromatic N) is 1. The maximum absolute atomic E-state index is 11.7. The maximum Gasteiger partial charge on any atom is 0.231 e. The minimum absolute atomic E-state index is 0.0962. The van der Waals surface area contributed by atoms with E-state index in [-0.39, 0.29) is 5.91 Å². The van der Waals surface area contributed by atoms with Gasteiger partial charge in [0, 0.05) is 17.2 Å². The maximum atomic E-state index is 11.7. The van der Waals surface area contributed by atoms with Crippen molar-refractivity contribution in [3.8, 4) is 0 Å². The molecule has 1 aliphatic heterocycles. The van der Waals surface area contributed by atoms with Gasteiger partial charge in [0.25, 0.3) is 0 Å². The fraction of sp³-hybridized carbons (Fsp3) is 0.214. The molecular formula is C14H12BrNO2S. The molecule has 1 N–H and O–H groups in total. The second-order valence-corrected chi connectivity index (χ2v) is 6.36. The number of fused-ring (bicyclic) bond motifs is 1. The summed E-state index contributed by atoms with van der Waals surface area (Å²) in [5, 5.41) is 12.3. The van der Waals surface area contributed by atoms with Crippen molar-refractivity contribution in [2.75, 3.05) is 11.9 Å². The topological polar surface area (TPSA) is 40.5 Å². The highest BCUT2D eigenvalue weighted by Gasteiger charge is 2.25. The van der Waals surface area contributed by atoms with Crippen molar-refractivity contribution in [3.63, 3.8) is 0 Å². The third-order valence-corrected chi connectivity index (χ3v) is 5.31. The Morgan fingerprint density at radius 3 is 2.89 bits per heavy atom. The van der Waals surface area contributed by atoms with Gasteiger partial charge in [0.2, 0.25) is 5.91 Å². The molecule has 3 nitrogen and oxygen atoms in total. The molecule has 1 aliphatic rings. The summed E-state index contributed by atoms with van der Waals surface area (Å²) in [6.45, 7) is 0. The minimum Gasteiger partial charge on any atom is -0.383 e. The molecule has 5 heteroatoms. The molecule has 1 aromatic heterocycles. The lowest BCUT2D eigenvalue weighted by Crippen LogP contribution is -2.20. The number of aliphatic hydroxyl groups is 1. The van der Waals surface area contributed by atoms with Gasteiger partial charge in [-0.15, -0.1) is 11.3 Å². The van der Waals surface area contributed by atoms with E-state index in [0.29, 0.717) is 6.42 Å². The molecule has 19 heavy (non-hydrogen) atoms. The first-order valence-electron chi connectivity index (χ1n) is 5.88. The third-order valence-electron chi connectivity index (χ3n) is 3.39. The third kappa shape index (κ3) is 2.12. The summed E-state index contributed by atoms with van der Waals surface area (Å²) in [6.07, 6.45) is -0.237. The van der Waals surface area contributed by atoms with Crippen LogP contribution in [0.5, 0.6) is 0 Å². The molecule has 1 aromatic carbocycles. The van der Waals surface area contributed by atoms with Crippen LogP contribution in [0.3, 0.4) is 0 Å². The van der Waals surface area contributed by atoms with E-state index in [1.807, 2.05) is 29.6 Å². The summed E-state index contributed by atoms with van der Waals surface area (Å²) in [4.78, 5) is 14.2. The number of hydrogen-bond donors (Lipinski definition) is 1. The Hall–Kier alpha value is -1.17. The Bertz CT molecular complexity index is 653. The van der Waals surface area contributed by atoms with Crippen molar-refractivity contribution in [2.24, 2.45) is 0 Å². The number of benzene rings is 1. The Morgan fingerprint density at radius 2 is 2.21 bits per heavy atom. The van der Waals surface area contributed by atoms with Crippen LogP contribution < -0.4 is 4.90 Å². The molecule has 0 saturated heterocycles. The van der Waals surface area contributed by atoms with Crippen LogP contribution >= 0.6 is 27.3 Å². The normalized spacial score (nSPS) is 15.7. The molecule has 0 bridgehead atoms. The Morgan fingerprint density at radius 1 is 1.42 bits per heavy atom. The van der Waals surface area contributed by atoms with Crippen molar-refractivity contribution in [2.45, 2.75) is 12.5 Å². The number of thiophene rings is 1. The number of rotatable bonds is 2. The van der Waals surface area contributed by atoms with Gasteiger partial charge in [-0.1, -0.05) is 12.1 Å². The minimum atomic E-state index is -0.652. The van der Waals surface area contributed by atoms with Crippen LogP contribution in [0.25, 0.3) is 0 Å². The fourth-order valence-electron chi connectivity index (χ4n) is 2.31. The summed E-state index contributed by atoms with van der Waals surface area (Å²) in [5.41, 5.74) is 2.74. The van der Waals surface area contributed by atoms with Crippen molar-refractivity contribution in [1.29, 1.82) is 0 Å². The van der Waals surface area contributed by atoms with E-state index in [1.54, 1.807) is 11.9 Å². The molecule has 0 aliphatic carbocycles. The highest BCUT2D eigenvalue weighted by molar-refractivity contribution is 9.10. The van der Waals surface area contributed by atoms with Crippen LogP contribution in [-0.4, -0.2) is 18.1 Å². The van der Waals surface area contributed by atoms with Crippen molar-refractivity contribution in [1.82, 2.24) is 0 Å². The number of likely N-dealkylation sites (N-methyl/N-ethyl adjacent to an activating group) is 1. The SMILES string of the molecule is CN1C(=O)Cc2cc(C(O)c3sccc3Br)ccc21. The molecule has 0 saturated carbocycles. The Kier molecular flexibility index (Phi) is 3.20. The van der Waals surface area contributed by atoms with Crippen LogP contribution in [0.1, 0.15) is 22.1 Å². The number of anilines is 1. The van der Waals surface area contributed by atoms with Crippen LogP contribution in [0.4, 0.5) is 5.69 Å². The summed E-state index contributed by atoms with van der Waals surface area (Å²) in [5.74, 6) is 0.0962. The molecule has 1 unspecified atom stereocenters. The average molecular weight is 338 g/mol. The van der Waals surface area contributed by atoms with E-state index in [1.165, 1.54) is 11.3 Å². The summed E-state index contributed by atoms with van der Waals surface area (Å²) < 4.78 is 0.915. The molecule has 2 heterocycles. The van der Waals surface area contributed by atoms with Gasteiger partial charge in [-0.2, -0.15) is 0 Å². The van der Waals surface area contributed by atoms with Gasteiger partial charge in [0.1, 0.15) is 6.10 Å². The van der Waals surface area contributed by atoms with Gasteiger partial charge in [0.15, 0.2) is 0 Å². The first-order valence-corrected chi connectivity index (χ1v) is 7.55. The zero-order valence-corrected chi connectivity index (χ0v) is 12.7. The van der Waals surface area contributed by atoms with E-state index >= 15 is 0 Å². The predicted molar refractivity (Wildman–Crippen MR) is 79.6 cm³/mol. The van der Waals surface area contributed by atoms with Crippen molar-refractivity contribution in [3.05, 3.63) is 50.1 Å². The Labute approximate surface area is 123 Å². The number of amides is 1. The van der Waals surface area contributed by atoms with Gasteiger partial charge in [-0.3, -0.25) is 4.79 Å². The van der Waals surface area contributed by atoms with Crippen molar-refractivity contribution >= 4 is 38.9 Å². The van der Waals surface area contributed by atoms with Gasteiger partial charge >= 0.3 is 0 Å². The zero-order valence-electron chi connectivity index (χ0n) is 10.3. The smallest absolute Gasteiger partial charge is 0.231 e. The summed E-state index contributed by atoms with van der Waals surface area (Å²) >= 11 is 4.95. The number of carbonyl (C=O) groups excluding carboxylic acids is 1. The van der Waals surface area contributed by atoms with Crippen LogP contribution in [0.15, 0.2) is 34.1 Å². The van der Waals surface area contributed by atoms with Crippen LogP contribution in [0.2, 0.25) is 0 Å². The standard InChI is InChI=1S/C14H12BrNO2S/c1-16-11-3-2-8(6-9(11)7-12(16)17)13(18)14-10(15)4-5-19-14/h2-6,13,18H,7H2,1H3. The summed E-state index contributed by atoms with van der Waals surface area (Å²) in [6, 6.07) is 7.63.